The summed E-state index contributed by atoms with van der Waals surface area (Å²) in [5, 5.41) is 2.87. The Bertz CT molecular complexity index is 1720. The number of nitrogens with zero attached hydrogens (tertiary/aromatic N) is 2. The van der Waals surface area contributed by atoms with Gasteiger partial charge in [-0.25, -0.2) is 4.39 Å². The van der Waals surface area contributed by atoms with Crippen LogP contribution in [0.1, 0.15) is 33.1 Å². The summed E-state index contributed by atoms with van der Waals surface area (Å²) in [6.07, 6.45) is 0. The number of anilines is 2. The SMILES string of the molecule is COc1ccc(NC(=O)C(c2ccc(C)cc2)N(Cc2ccc(F)cc2)C(=O)CN2C(=O)C(=O)c3ccccc32)c(OC)c1. The summed E-state index contributed by atoms with van der Waals surface area (Å²) in [6, 6.07) is 22.8. The van der Waals surface area contributed by atoms with Crippen LogP contribution >= 0.6 is 0 Å². The molecule has 0 saturated carbocycles. The third-order valence-corrected chi connectivity index (χ3v) is 7.38. The molecule has 9 nitrogen and oxygen atoms in total. The molecule has 10 heteroatoms. The summed E-state index contributed by atoms with van der Waals surface area (Å²) in [7, 11) is 2.97. The van der Waals surface area contributed by atoms with Crippen LogP contribution in [0.25, 0.3) is 0 Å². The van der Waals surface area contributed by atoms with Gasteiger partial charge in [-0.2, -0.15) is 0 Å². The molecule has 1 unspecified atom stereocenters. The first-order chi connectivity index (χ1) is 21.2. The molecule has 4 aromatic carbocycles. The summed E-state index contributed by atoms with van der Waals surface area (Å²) < 4.78 is 24.5. The summed E-state index contributed by atoms with van der Waals surface area (Å²) in [4.78, 5) is 56.4. The van der Waals surface area contributed by atoms with Crippen molar-refractivity contribution in [2.45, 2.75) is 19.5 Å². The lowest BCUT2D eigenvalue weighted by atomic mass is 10.0. The molecule has 4 aromatic rings. The average Bonchev–Trinajstić information content (AvgIpc) is 3.27. The Kier molecular flexibility index (Phi) is 8.71. The van der Waals surface area contributed by atoms with Gasteiger partial charge < -0.3 is 19.7 Å². The Labute approximate surface area is 253 Å². The lowest BCUT2D eigenvalue weighted by Gasteiger charge is -2.33. The van der Waals surface area contributed by atoms with Gasteiger partial charge in [-0.3, -0.25) is 24.1 Å². The smallest absolute Gasteiger partial charge is 0.299 e. The van der Waals surface area contributed by atoms with E-state index in [0.29, 0.717) is 34.0 Å². The fourth-order valence-electron chi connectivity index (χ4n) is 5.07. The highest BCUT2D eigenvalue weighted by Gasteiger charge is 2.39. The van der Waals surface area contributed by atoms with Gasteiger partial charge in [0.25, 0.3) is 17.6 Å². The molecule has 0 aliphatic carbocycles. The van der Waals surface area contributed by atoms with Crippen LogP contribution in [0.15, 0.2) is 91.0 Å². The number of ether oxygens (including phenoxy) is 2. The van der Waals surface area contributed by atoms with Gasteiger partial charge in [0.2, 0.25) is 5.91 Å². The third kappa shape index (κ3) is 6.14. The molecular formula is C34H30FN3O6. The van der Waals surface area contributed by atoms with Gasteiger partial charge in [0.1, 0.15) is 29.9 Å². The normalized spacial score (nSPS) is 12.9. The molecule has 0 aromatic heterocycles. The van der Waals surface area contributed by atoms with Gasteiger partial charge in [0.15, 0.2) is 0 Å². The minimum Gasteiger partial charge on any atom is -0.497 e. The highest BCUT2D eigenvalue weighted by Crippen LogP contribution is 2.33. The molecule has 0 saturated heterocycles. The van der Waals surface area contributed by atoms with Gasteiger partial charge >= 0.3 is 0 Å². The van der Waals surface area contributed by atoms with Crippen LogP contribution in [0.3, 0.4) is 0 Å². The third-order valence-electron chi connectivity index (χ3n) is 7.38. The number of fused-ring (bicyclic) bond motifs is 1. The maximum absolute atomic E-state index is 14.2. The number of hydrogen-bond donors (Lipinski definition) is 1. The quantitative estimate of drug-likeness (QED) is 0.256. The van der Waals surface area contributed by atoms with Crippen molar-refractivity contribution in [3.63, 3.8) is 0 Å². The molecule has 1 atom stereocenters. The summed E-state index contributed by atoms with van der Waals surface area (Å²) >= 11 is 0. The van der Waals surface area contributed by atoms with Crippen molar-refractivity contribution >= 4 is 34.9 Å². The molecule has 0 bridgehead atoms. The van der Waals surface area contributed by atoms with E-state index in [1.165, 1.54) is 49.5 Å². The minimum absolute atomic E-state index is 0.0948. The van der Waals surface area contributed by atoms with Gasteiger partial charge in [-0.05, 0) is 54.4 Å². The lowest BCUT2D eigenvalue weighted by molar-refractivity contribution is -0.139. The first kappa shape index (κ1) is 30.0. The molecule has 1 N–H and O–H groups in total. The van der Waals surface area contributed by atoms with E-state index < -0.39 is 41.9 Å². The number of para-hydroxylation sites is 1. The number of nitrogens with one attached hydrogen (secondary N) is 1. The van der Waals surface area contributed by atoms with Gasteiger partial charge in [0.05, 0.1) is 31.2 Å². The first-order valence-electron chi connectivity index (χ1n) is 13.8. The van der Waals surface area contributed by atoms with E-state index in [-0.39, 0.29) is 12.1 Å². The van der Waals surface area contributed by atoms with E-state index in [1.807, 2.05) is 19.1 Å². The first-order valence-corrected chi connectivity index (χ1v) is 13.8. The van der Waals surface area contributed by atoms with Gasteiger partial charge in [0, 0.05) is 12.6 Å². The summed E-state index contributed by atoms with van der Waals surface area (Å²) in [5.74, 6) is -2.29. The minimum atomic E-state index is -1.19. The number of carbonyl (C=O) groups is 4. The zero-order valence-corrected chi connectivity index (χ0v) is 24.4. The number of hydrogen-bond acceptors (Lipinski definition) is 6. The van der Waals surface area contributed by atoms with Crippen molar-refractivity contribution in [3.05, 3.63) is 119 Å². The maximum Gasteiger partial charge on any atom is 0.299 e. The Hall–Kier alpha value is -5.51. The van der Waals surface area contributed by atoms with Gasteiger partial charge in [-0.1, -0.05) is 54.1 Å². The second-order valence-electron chi connectivity index (χ2n) is 10.3. The van der Waals surface area contributed by atoms with Crippen LogP contribution in [-0.4, -0.2) is 49.2 Å². The Morgan fingerprint density at radius 3 is 2.30 bits per heavy atom. The predicted octanol–water partition coefficient (Wildman–Crippen LogP) is 5.09. The van der Waals surface area contributed by atoms with Crippen LogP contribution in [0.5, 0.6) is 11.5 Å². The topological polar surface area (TPSA) is 105 Å². The van der Waals surface area contributed by atoms with Crippen LogP contribution < -0.4 is 19.7 Å². The molecule has 1 heterocycles. The number of carbonyl (C=O) groups excluding carboxylic acids is 4. The van der Waals surface area contributed by atoms with Crippen LogP contribution in [0.4, 0.5) is 15.8 Å². The molecule has 44 heavy (non-hydrogen) atoms. The number of rotatable bonds is 10. The van der Waals surface area contributed by atoms with E-state index >= 15 is 0 Å². The fraction of sp³-hybridized carbons (Fsp3) is 0.176. The second-order valence-corrected chi connectivity index (χ2v) is 10.3. The standard InChI is InChI=1S/C34H30FN3O6/c1-21-8-12-23(13-9-21)31(33(41)36-27-17-16-25(43-2)18-29(27)44-3)38(19-22-10-14-24(35)15-11-22)30(39)20-37-28-7-5-4-6-26(28)32(40)34(37)42/h4-18,31H,19-20H2,1-3H3,(H,36,41). The maximum atomic E-state index is 14.2. The molecular weight excluding hydrogens is 565 g/mol. The summed E-state index contributed by atoms with van der Waals surface area (Å²) in [5.41, 5.74) is 2.86. The molecule has 0 fully saturated rings. The van der Waals surface area contributed by atoms with E-state index in [2.05, 4.69) is 5.32 Å². The van der Waals surface area contributed by atoms with Crippen molar-refractivity contribution in [1.29, 1.82) is 0 Å². The average molecular weight is 596 g/mol. The van der Waals surface area contributed by atoms with Crippen LogP contribution in [0.2, 0.25) is 0 Å². The summed E-state index contributed by atoms with van der Waals surface area (Å²) in [6.45, 7) is 1.31. The zero-order valence-electron chi connectivity index (χ0n) is 24.4. The highest BCUT2D eigenvalue weighted by atomic mass is 19.1. The van der Waals surface area contributed by atoms with Crippen molar-refractivity contribution in [3.8, 4) is 11.5 Å². The molecule has 1 aliphatic heterocycles. The van der Waals surface area contributed by atoms with E-state index in [0.717, 1.165) is 10.5 Å². The lowest BCUT2D eigenvalue weighted by Crippen LogP contribution is -2.46. The molecule has 0 spiro atoms. The number of amides is 3. The molecule has 3 amide bonds. The number of methoxy groups -OCH3 is 2. The second kappa shape index (κ2) is 12.8. The van der Waals surface area contributed by atoms with Gasteiger partial charge in [-0.15, -0.1) is 0 Å². The number of ketones is 1. The van der Waals surface area contributed by atoms with E-state index in [4.69, 9.17) is 9.47 Å². The van der Waals surface area contributed by atoms with E-state index in [1.54, 1.807) is 48.5 Å². The van der Waals surface area contributed by atoms with Crippen molar-refractivity contribution < 1.29 is 33.0 Å². The Morgan fingerprint density at radius 2 is 1.61 bits per heavy atom. The predicted molar refractivity (Wildman–Crippen MR) is 162 cm³/mol. The van der Waals surface area contributed by atoms with Crippen molar-refractivity contribution in [2.75, 3.05) is 31.0 Å². The van der Waals surface area contributed by atoms with Crippen molar-refractivity contribution in [1.82, 2.24) is 4.90 Å². The monoisotopic (exact) mass is 595 g/mol. The molecule has 1 aliphatic rings. The highest BCUT2D eigenvalue weighted by molar-refractivity contribution is 6.52. The Balaban J connectivity index is 1.56. The number of Topliss-reactive ketones (excluding diaryl/α,β-unsaturated/α-hetero) is 1. The zero-order chi connectivity index (χ0) is 31.4. The van der Waals surface area contributed by atoms with Crippen LogP contribution in [-0.2, 0) is 20.9 Å². The number of halogens is 1. The molecule has 0 radical (unpaired) electrons. The largest absolute Gasteiger partial charge is 0.497 e. The fourth-order valence-corrected chi connectivity index (χ4v) is 5.07. The van der Waals surface area contributed by atoms with Crippen LogP contribution in [0, 0.1) is 12.7 Å². The Morgan fingerprint density at radius 1 is 0.909 bits per heavy atom. The molecule has 5 rings (SSSR count). The molecule has 224 valence electrons. The van der Waals surface area contributed by atoms with E-state index in [9.17, 15) is 23.6 Å². The van der Waals surface area contributed by atoms with Crippen molar-refractivity contribution in [2.24, 2.45) is 0 Å². The number of benzene rings is 4. The number of aryl methyl sites for hydroxylation is 1.